The second-order valence-electron chi connectivity index (χ2n) is 4.97. The van der Waals surface area contributed by atoms with Crippen LogP contribution >= 0.6 is 0 Å². The Kier molecular flexibility index (Phi) is 3.21. The highest BCUT2D eigenvalue weighted by atomic mass is 16.5. The summed E-state index contributed by atoms with van der Waals surface area (Å²) in [7, 11) is 1.51. The van der Waals surface area contributed by atoms with Crippen molar-refractivity contribution in [2.24, 2.45) is 0 Å². The van der Waals surface area contributed by atoms with Crippen molar-refractivity contribution < 1.29 is 9.53 Å². The van der Waals surface area contributed by atoms with Crippen molar-refractivity contribution in [3.05, 3.63) is 47.0 Å². The van der Waals surface area contributed by atoms with Crippen molar-refractivity contribution in [2.45, 2.75) is 18.9 Å². The number of carbonyl (C=O) groups is 1. The van der Waals surface area contributed by atoms with Crippen LogP contribution < -0.4 is 15.6 Å². The molecule has 0 bridgehead atoms. The van der Waals surface area contributed by atoms with E-state index in [0.29, 0.717) is 35.1 Å². The number of nitrogens with one attached hydrogen (secondary N) is 1. The molecular formula is C15H15N3O3. The molecule has 21 heavy (non-hydrogen) atoms. The molecule has 6 heteroatoms. The maximum Gasteiger partial charge on any atom is 0.279 e. The Morgan fingerprint density at radius 1 is 1.43 bits per heavy atom. The zero-order valence-corrected chi connectivity index (χ0v) is 11.6. The second kappa shape index (κ2) is 5.05. The van der Waals surface area contributed by atoms with Gasteiger partial charge in [-0.1, -0.05) is 18.7 Å². The van der Waals surface area contributed by atoms with E-state index in [4.69, 9.17) is 4.74 Å². The zero-order valence-electron chi connectivity index (χ0n) is 11.6. The summed E-state index contributed by atoms with van der Waals surface area (Å²) in [5.74, 6) is 0.226. The molecule has 2 heterocycles. The van der Waals surface area contributed by atoms with Crippen LogP contribution in [-0.4, -0.2) is 22.8 Å². The number of benzene rings is 1. The largest absolute Gasteiger partial charge is 0.496 e. The average Bonchev–Trinajstić information content (AvgIpc) is 2.48. The van der Waals surface area contributed by atoms with Crippen LogP contribution in [0, 0.1) is 0 Å². The van der Waals surface area contributed by atoms with Crippen molar-refractivity contribution in [1.82, 2.24) is 15.1 Å². The maximum atomic E-state index is 12.7. The third-order valence-corrected chi connectivity index (χ3v) is 3.64. The first-order chi connectivity index (χ1) is 10.1. The van der Waals surface area contributed by atoms with Crippen LogP contribution in [-0.2, 0) is 4.79 Å². The highest BCUT2D eigenvalue weighted by molar-refractivity contribution is 5.87. The fraction of sp³-hybridized carbons (Fsp3) is 0.267. The molecule has 1 aromatic carbocycles. The van der Waals surface area contributed by atoms with Gasteiger partial charge in [0, 0.05) is 11.1 Å². The Balaban J connectivity index is 2.16. The van der Waals surface area contributed by atoms with Crippen molar-refractivity contribution in [2.75, 3.05) is 7.11 Å². The molecule has 1 aliphatic rings. The number of piperidine rings is 1. The molecule has 0 saturated carbocycles. The first-order valence-electron chi connectivity index (χ1n) is 6.65. The molecule has 0 aliphatic carbocycles. The predicted molar refractivity (Wildman–Crippen MR) is 78.1 cm³/mol. The second-order valence-corrected chi connectivity index (χ2v) is 4.97. The molecule has 1 aliphatic heterocycles. The molecule has 1 N–H and O–H groups in total. The molecule has 6 nitrogen and oxygen atoms in total. The van der Waals surface area contributed by atoms with Crippen LogP contribution in [0.1, 0.15) is 18.9 Å². The van der Waals surface area contributed by atoms with Gasteiger partial charge in [0.05, 0.1) is 18.7 Å². The Hall–Kier alpha value is -2.63. The molecular weight excluding hydrogens is 270 g/mol. The summed E-state index contributed by atoms with van der Waals surface area (Å²) in [4.78, 5) is 24.7. The quantitative estimate of drug-likeness (QED) is 0.904. The lowest BCUT2D eigenvalue weighted by Gasteiger charge is -2.24. The van der Waals surface area contributed by atoms with Gasteiger partial charge < -0.3 is 10.1 Å². The monoisotopic (exact) mass is 285 g/mol. The fourth-order valence-electron chi connectivity index (χ4n) is 2.56. The molecule has 0 radical (unpaired) electrons. The van der Waals surface area contributed by atoms with Gasteiger partial charge in [-0.3, -0.25) is 9.59 Å². The molecule has 3 rings (SSSR count). The summed E-state index contributed by atoms with van der Waals surface area (Å²) in [5.41, 5.74) is 0.347. The first kappa shape index (κ1) is 13.4. The molecule has 1 atom stereocenters. The van der Waals surface area contributed by atoms with Crippen molar-refractivity contribution in [1.29, 1.82) is 0 Å². The standard InChI is InChI=1S/C15H15N3O3/c1-9-6-7-11(14(19)17-9)18-15(20)13-10(8-16-18)4-3-5-12(13)21-2/h3-5,8,11H,1,6-7H2,2H3,(H,17,19). The minimum absolute atomic E-state index is 0.255. The average molecular weight is 285 g/mol. The van der Waals surface area contributed by atoms with E-state index >= 15 is 0 Å². The van der Waals surface area contributed by atoms with E-state index in [9.17, 15) is 9.59 Å². The highest BCUT2D eigenvalue weighted by Gasteiger charge is 2.28. The number of ether oxygens (including phenoxy) is 1. The van der Waals surface area contributed by atoms with Gasteiger partial charge >= 0.3 is 0 Å². The summed E-state index contributed by atoms with van der Waals surface area (Å²) in [6, 6.07) is 4.69. The third kappa shape index (κ3) is 2.18. The summed E-state index contributed by atoms with van der Waals surface area (Å²) >= 11 is 0. The molecule has 0 spiro atoms. The lowest BCUT2D eigenvalue weighted by molar-refractivity contribution is -0.125. The first-order valence-corrected chi connectivity index (χ1v) is 6.65. The van der Waals surface area contributed by atoms with Gasteiger partial charge in [-0.2, -0.15) is 5.10 Å². The number of amides is 1. The van der Waals surface area contributed by atoms with Gasteiger partial charge in [-0.15, -0.1) is 0 Å². The third-order valence-electron chi connectivity index (χ3n) is 3.64. The lowest BCUT2D eigenvalue weighted by atomic mass is 10.0. The number of fused-ring (bicyclic) bond motifs is 1. The summed E-state index contributed by atoms with van der Waals surface area (Å²) in [6.07, 6.45) is 2.72. The SMILES string of the molecule is C=C1CCC(n2ncc3cccc(OC)c3c2=O)C(=O)N1. The maximum absolute atomic E-state index is 12.7. The summed E-state index contributed by atoms with van der Waals surface area (Å²) in [5, 5.41) is 7.93. The number of aromatic nitrogens is 2. The van der Waals surface area contributed by atoms with Crippen LogP contribution in [0.2, 0.25) is 0 Å². The highest BCUT2D eigenvalue weighted by Crippen LogP contribution is 2.24. The van der Waals surface area contributed by atoms with Gasteiger partial charge in [0.2, 0.25) is 5.91 Å². The minimum atomic E-state index is -0.614. The Labute approximate surface area is 121 Å². The number of rotatable bonds is 2. The van der Waals surface area contributed by atoms with Crippen molar-refractivity contribution in [3.63, 3.8) is 0 Å². The zero-order chi connectivity index (χ0) is 15.0. The van der Waals surface area contributed by atoms with Gasteiger partial charge in [-0.05, 0) is 18.9 Å². The summed E-state index contributed by atoms with van der Waals surface area (Å²) < 4.78 is 6.47. The Bertz CT molecular complexity index is 794. The van der Waals surface area contributed by atoms with E-state index < -0.39 is 6.04 Å². The molecule has 108 valence electrons. The molecule has 1 fully saturated rings. The number of nitrogens with zero attached hydrogens (tertiary/aromatic N) is 2. The number of carbonyl (C=O) groups excluding carboxylic acids is 1. The van der Waals surface area contributed by atoms with Crippen LogP contribution in [0.15, 0.2) is 41.5 Å². The van der Waals surface area contributed by atoms with E-state index in [-0.39, 0.29) is 11.5 Å². The van der Waals surface area contributed by atoms with Gasteiger partial charge in [0.25, 0.3) is 5.56 Å². The van der Waals surface area contributed by atoms with Gasteiger partial charge in [0.1, 0.15) is 11.8 Å². The normalized spacial score (nSPS) is 18.6. The van der Waals surface area contributed by atoms with Crippen LogP contribution in [0.3, 0.4) is 0 Å². The summed E-state index contributed by atoms with van der Waals surface area (Å²) in [6.45, 7) is 3.73. The van der Waals surface area contributed by atoms with E-state index in [1.165, 1.54) is 11.8 Å². The van der Waals surface area contributed by atoms with Crippen LogP contribution in [0.5, 0.6) is 5.75 Å². The smallest absolute Gasteiger partial charge is 0.279 e. The minimum Gasteiger partial charge on any atom is -0.496 e. The molecule has 1 unspecified atom stereocenters. The van der Waals surface area contributed by atoms with E-state index in [1.807, 2.05) is 0 Å². The lowest BCUT2D eigenvalue weighted by Crippen LogP contribution is -2.41. The number of allylic oxidation sites excluding steroid dienone is 1. The number of hydrogen-bond donors (Lipinski definition) is 1. The van der Waals surface area contributed by atoms with E-state index in [2.05, 4.69) is 17.0 Å². The number of hydrogen-bond acceptors (Lipinski definition) is 4. The van der Waals surface area contributed by atoms with E-state index in [1.54, 1.807) is 24.4 Å². The van der Waals surface area contributed by atoms with Crippen LogP contribution in [0.4, 0.5) is 0 Å². The molecule has 2 aromatic rings. The molecule has 1 amide bonds. The Morgan fingerprint density at radius 2 is 2.24 bits per heavy atom. The topological polar surface area (TPSA) is 73.2 Å². The Morgan fingerprint density at radius 3 is 2.95 bits per heavy atom. The van der Waals surface area contributed by atoms with Gasteiger partial charge in [0.15, 0.2) is 0 Å². The predicted octanol–water partition coefficient (Wildman–Crippen LogP) is 1.37. The van der Waals surface area contributed by atoms with Crippen molar-refractivity contribution >= 4 is 16.7 Å². The molecule has 1 saturated heterocycles. The number of methoxy groups -OCH3 is 1. The fourth-order valence-corrected chi connectivity index (χ4v) is 2.56. The van der Waals surface area contributed by atoms with Crippen LogP contribution in [0.25, 0.3) is 10.8 Å². The van der Waals surface area contributed by atoms with Crippen molar-refractivity contribution in [3.8, 4) is 5.75 Å². The molecule has 1 aromatic heterocycles. The van der Waals surface area contributed by atoms with Gasteiger partial charge in [-0.25, -0.2) is 4.68 Å². The van der Waals surface area contributed by atoms with E-state index in [0.717, 1.165) is 0 Å².